The van der Waals surface area contributed by atoms with Gasteiger partial charge >= 0.3 is 0 Å². The Morgan fingerprint density at radius 1 is 1.27 bits per heavy atom. The highest BCUT2D eigenvalue weighted by Crippen LogP contribution is 2.34. The van der Waals surface area contributed by atoms with Crippen LogP contribution in [0.15, 0.2) is 48.1 Å². The molecule has 2 aromatic heterocycles. The van der Waals surface area contributed by atoms with E-state index in [-0.39, 0.29) is 11.8 Å². The van der Waals surface area contributed by atoms with Crippen molar-refractivity contribution in [2.75, 3.05) is 10.6 Å². The molecule has 2 amide bonds. The van der Waals surface area contributed by atoms with Crippen LogP contribution in [0.1, 0.15) is 17.3 Å². The van der Waals surface area contributed by atoms with Crippen molar-refractivity contribution in [3.05, 3.63) is 53.7 Å². The Hall–Kier alpha value is -3.26. The molecule has 7 nitrogen and oxygen atoms in total. The molecule has 3 heterocycles. The van der Waals surface area contributed by atoms with Gasteiger partial charge in [-0.15, -0.1) is 11.3 Å². The summed E-state index contributed by atoms with van der Waals surface area (Å²) in [5.74, 6) is 0.203. The molecular weight excluding hydrogens is 352 g/mol. The lowest BCUT2D eigenvalue weighted by molar-refractivity contribution is -0.122. The number of fused-ring (bicyclic) bond motifs is 1. The molecule has 1 aromatic carbocycles. The summed E-state index contributed by atoms with van der Waals surface area (Å²) in [6, 6.07) is 8.75. The number of carbonyl (C=O) groups excluding carboxylic acids is 2. The first-order valence-corrected chi connectivity index (χ1v) is 8.77. The predicted molar refractivity (Wildman–Crippen MR) is 98.5 cm³/mol. The predicted octanol–water partition coefficient (Wildman–Crippen LogP) is 3.18. The molecular formula is C18H14N4O3S. The van der Waals surface area contributed by atoms with E-state index in [0.717, 1.165) is 5.56 Å². The summed E-state index contributed by atoms with van der Waals surface area (Å²) in [5.41, 5.74) is 2.65. The molecule has 0 bridgehead atoms. The van der Waals surface area contributed by atoms with Crippen LogP contribution in [-0.2, 0) is 4.79 Å². The van der Waals surface area contributed by atoms with Crippen molar-refractivity contribution in [1.29, 1.82) is 0 Å². The van der Waals surface area contributed by atoms with Crippen molar-refractivity contribution in [2.24, 2.45) is 0 Å². The summed E-state index contributed by atoms with van der Waals surface area (Å²) in [6.45, 7) is 1.70. The number of amides is 2. The van der Waals surface area contributed by atoms with Crippen LogP contribution in [-0.4, -0.2) is 27.9 Å². The van der Waals surface area contributed by atoms with Crippen molar-refractivity contribution in [3.63, 3.8) is 0 Å². The number of hydrogen-bond donors (Lipinski definition) is 2. The number of nitrogens with zero attached hydrogens (tertiary/aromatic N) is 2. The van der Waals surface area contributed by atoms with Gasteiger partial charge in [-0.05, 0) is 37.3 Å². The van der Waals surface area contributed by atoms with Gasteiger partial charge in [0.25, 0.3) is 11.8 Å². The van der Waals surface area contributed by atoms with Gasteiger partial charge in [-0.3, -0.25) is 19.9 Å². The fourth-order valence-electron chi connectivity index (χ4n) is 2.50. The van der Waals surface area contributed by atoms with Gasteiger partial charge in [-0.25, -0.2) is 4.98 Å². The Morgan fingerprint density at radius 2 is 2.08 bits per heavy atom. The number of thiazole rings is 1. The monoisotopic (exact) mass is 366 g/mol. The number of aromatic nitrogens is 2. The topological polar surface area (TPSA) is 93.2 Å². The summed E-state index contributed by atoms with van der Waals surface area (Å²) < 4.78 is 5.55. The zero-order chi connectivity index (χ0) is 18.1. The molecule has 8 heteroatoms. The third kappa shape index (κ3) is 3.14. The summed E-state index contributed by atoms with van der Waals surface area (Å²) >= 11 is 1.33. The molecule has 130 valence electrons. The van der Waals surface area contributed by atoms with E-state index in [1.807, 2.05) is 17.5 Å². The zero-order valence-corrected chi connectivity index (χ0v) is 14.5. The maximum atomic E-state index is 12.2. The number of benzene rings is 1. The summed E-state index contributed by atoms with van der Waals surface area (Å²) in [7, 11) is 0. The largest absolute Gasteiger partial charge is 0.479 e. The third-order valence-electron chi connectivity index (χ3n) is 3.87. The Kier molecular flexibility index (Phi) is 4.10. The quantitative estimate of drug-likeness (QED) is 0.743. The van der Waals surface area contributed by atoms with E-state index in [2.05, 4.69) is 20.6 Å². The number of carbonyl (C=O) groups is 2. The van der Waals surface area contributed by atoms with Crippen molar-refractivity contribution in [3.8, 4) is 17.0 Å². The van der Waals surface area contributed by atoms with E-state index in [9.17, 15) is 9.59 Å². The lowest BCUT2D eigenvalue weighted by Gasteiger charge is -2.23. The van der Waals surface area contributed by atoms with Gasteiger partial charge in [0.05, 0.1) is 11.4 Å². The lowest BCUT2D eigenvalue weighted by Crippen LogP contribution is -2.34. The van der Waals surface area contributed by atoms with Crippen LogP contribution in [0, 0.1) is 0 Å². The normalized spacial score (nSPS) is 15.6. The zero-order valence-electron chi connectivity index (χ0n) is 13.7. The molecule has 1 aliphatic heterocycles. The third-order valence-corrected chi connectivity index (χ3v) is 4.63. The molecule has 26 heavy (non-hydrogen) atoms. The van der Waals surface area contributed by atoms with Gasteiger partial charge in [0.1, 0.15) is 5.75 Å². The molecule has 0 saturated heterocycles. The van der Waals surface area contributed by atoms with Gasteiger partial charge in [-0.2, -0.15) is 0 Å². The van der Waals surface area contributed by atoms with E-state index in [1.165, 1.54) is 11.3 Å². The Bertz CT molecular complexity index is 987. The second-order valence-corrected chi connectivity index (χ2v) is 6.55. The van der Waals surface area contributed by atoms with Crippen LogP contribution in [0.3, 0.4) is 0 Å². The highest BCUT2D eigenvalue weighted by atomic mass is 32.1. The number of nitrogens with one attached hydrogen (secondary N) is 2. The average Bonchev–Trinajstić information content (AvgIpc) is 3.11. The molecule has 0 saturated carbocycles. The molecule has 0 spiro atoms. The maximum absolute atomic E-state index is 12.2. The minimum absolute atomic E-state index is 0.182. The molecule has 1 unspecified atom stereocenters. The Balaban J connectivity index is 1.54. The van der Waals surface area contributed by atoms with E-state index >= 15 is 0 Å². The molecule has 2 N–H and O–H groups in total. The van der Waals surface area contributed by atoms with E-state index in [1.54, 1.807) is 37.5 Å². The van der Waals surface area contributed by atoms with Gasteiger partial charge in [0.15, 0.2) is 11.2 Å². The molecule has 4 rings (SSSR count). The van der Waals surface area contributed by atoms with E-state index in [4.69, 9.17) is 4.74 Å². The molecule has 3 aromatic rings. The minimum atomic E-state index is -0.511. The first-order chi connectivity index (χ1) is 12.6. The molecule has 1 aliphatic rings. The number of rotatable bonds is 3. The van der Waals surface area contributed by atoms with Gasteiger partial charge in [0, 0.05) is 28.9 Å². The number of anilines is 2. The standard InChI is InChI=1S/C18H14N4O3S/c1-10-16(23)20-13-8-12(2-3-15(13)25-10)14-9-26-18(21-14)22-17(24)11-4-6-19-7-5-11/h2-10H,1H3,(H,20,23)(H,21,22,24). The van der Waals surface area contributed by atoms with E-state index < -0.39 is 6.10 Å². The molecule has 0 aliphatic carbocycles. The second kappa shape index (κ2) is 6.57. The summed E-state index contributed by atoms with van der Waals surface area (Å²) in [4.78, 5) is 32.3. The van der Waals surface area contributed by atoms with E-state index in [0.29, 0.717) is 27.8 Å². The number of hydrogen-bond acceptors (Lipinski definition) is 6. The SMILES string of the molecule is CC1Oc2ccc(-c3csc(NC(=O)c4ccncc4)n3)cc2NC1=O. The lowest BCUT2D eigenvalue weighted by atomic mass is 10.1. The van der Waals surface area contributed by atoms with Gasteiger partial charge in [0.2, 0.25) is 0 Å². The number of ether oxygens (including phenoxy) is 1. The smallest absolute Gasteiger partial charge is 0.265 e. The molecule has 0 radical (unpaired) electrons. The Morgan fingerprint density at radius 3 is 2.88 bits per heavy atom. The average molecular weight is 366 g/mol. The van der Waals surface area contributed by atoms with Crippen molar-refractivity contribution in [2.45, 2.75) is 13.0 Å². The number of pyridine rings is 1. The first kappa shape index (κ1) is 16.2. The fraction of sp³-hybridized carbons (Fsp3) is 0.111. The molecule has 1 atom stereocenters. The van der Waals surface area contributed by atoms with Crippen LogP contribution < -0.4 is 15.4 Å². The van der Waals surface area contributed by atoms with Crippen LogP contribution in [0.5, 0.6) is 5.75 Å². The summed E-state index contributed by atoms with van der Waals surface area (Å²) in [5, 5.41) is 7.93. The second-order valence-electron chi connectivity index (χ2n) is 5.69. The fourth-order valence-corrected chi connectivity index (χ4v) is 3.22. The highest BCUT2D eigenvalue weighted by Gasteiger charge is 2.24. The van der Waals surface area contributed by atoms with Crippen molar-refractivity contribution < 1.29 is 14.3 Å². The minimum Gasteiger partial charge on any atom is -0.479 e. The van der Waals surface area contributed by atoms with Crippen molar-refractivity contribution in [1.82, 2.24) is 9.97 Å². The maximum Gasteiger partial charge on any atom is 0.265 e. The van der Waals surface area contributed by atoms with Crippen LogP contribution in [0.25, 0.3) is 11.3 Å². The Labute approximate surface area is 153 Å². The van der Waals surface area contributed by atoms with Crippen LogP contribution in [0.4, 0.5) is 10.8 Å². The van der Waals surface area contributed by atoms with Gasteiger partial charge < -0.3 is 10.1 Å². The first-order valence-electron chi connectivity index (χ1n) is 7.89. The highest BCUT2D eigenvalue weighted by molar-refractivity contribution is 7.14. The molecule has 0 fully saturated rings. The van der Waals surface area contributed by atoms with Crippen molar-refractivity contribution >= 4 is 34.0 Å². The van der Waals surface area contributed by atoms with Crippen LogP contribution in [0.2, 0.25) is 0 Å². The van der Waals surface area contributed by atoms with Crippen LogP contribution >= 0.6 is 11.3 Å². The van der Waals surface area contributed by atoms with Gasteiger partial charge in [-0.1, -0.05) is 0 Å². The summed E-state index contributed by atoms with van der Waals surface area (Å²) in [6.07, 6.45) is 2.61.